The number of amides is 1. The van der Waals surface area contributed by atoms with Crippen molar-refractivity contribution in [2.24, 2.45) is 5.92 Å². The van der Waals surface area contributed by atoms with Gasteiger partial charge in [0.25, 0.3) is 0 Å². The molecule has 0 atom stereocenters. The maximum absolute atomic E-state index is 12.4. The fraction of sp³-hybridized carbons (Fsp3) is 0.360. The zero-order valence-electron chi connectivity index (χ0n) is 17.8. The van der Waals surface area contributed by atoms with Crippen molar-refractivity contribution in [3.63, 3.8) is 0 Å². The number of methoxy groups -OCH3 is 1. The molecule has 0 aliphatic heterocycles. The van der Waals surface area contributed by atoms with Crippen molar-refractivity contribution in [3.05, 3.63) is 72.6 Å². The van der Waals surface area contributed by atoms with E-state index in [4.69, 9.17) is 4.74 Å². The molecule has 6 heteroatoms. The number of pyridine rings is 1. The van der Waals surface area contributed by atoms with Crippen molar-refractivity contribution in [1.82, 2.24) is 20.3 Å². The van der Waals surface area contributed by atoms with E-state index in [9.17, 15) is 4.79 Å². The predicted molar refractivity (Wildman–Crippen MR) is 120 cm³/mol. The molecular weight excluding hydrogens is 388 g/mol. The summed E-state index contributed by atoms with van der Waals surface area (Å²) in [6.07, 6.45) is 11.8. The van der Waals surface area contributed by atoms with Gasteiger partial charge in [-0.2, -0.15) is 0 Å². The third kappa shape index (κ3) is 5.26. The first-order valence-electron chi connectivity index (χ1n) is 10.8. The van der Waals surface area contributed by atoms with Gasteiger partial charge in [0.05, 0.1) is 19.2 Å². The van der Waals surface area contributed by atoms with Crippen LogP contribution in [0.1, 0.15) is 42.9 Å². The van der Waals surface area contributed by atoms with E-state index >= 15 is 0 Å². The van der Waals surface area contributed by atoms with Crippen LogP contribution in [0.2, 0.25) is 0 Å². The number of ether oxygens (including phenoxy) is 1. The quantitative estimate of drug-likeness (QED) is 0.625. The summed E-state index contributed by atoms with van der Waals surface area (Å²) < 4.78 is 5.34. The minimum Gasteiger partial charge on any atom is -0.496 e. The van der Waals surface area contributed by atoms with Crippen LogP contribution in [0.4, 0.5) is 0 Å². The molecule has 0 radical (unpaired) electrons. The number of para-hydroxylation sites is 1. The molecule has 1 aliphatic rings. The van der Waals surface area contributed by atoms with Crippen LogP contribution in [0.15, 0.2) is 61.3 Å². The summed E-state index contributed by atoms with van der Waals surface area (Å²) in [5.74, 6) is 1.73. The van der Waals surface area contributed by atoms with Crippen LogP contribution in [0.5, 0.6) is 5.75 Å². The van der Waals surface area contributed by atoms with E-state index in [1.807, 2.05) is 42.6 Å². The molecule has 1 aromatic carbocycles. The van der Waals surface area contributed by atoms with Crippen molar-refractivity contribution in [2.75, 3.05) is 13.7 Å². The van der Waals surface area contributed by atoms with Gasteiger partial charge in [0, 0.05) is 42.2 Å². The highest BCUT2D eigenvalue weighted by molar-refractivity contribution is 5.79. The van der Waals surface area contributed by atoms with E-state index in [0.29, 0.717) is 18.3 Å². The lowest BCUT2D eigenvalue weighted by atomic mass is 9.79. The Kier molecular flexibility index (Phi) is 6.87. The second-order valence-electron chi connectivity index (χ2n) is 8.07. The number of carbonyl (C=O) groups is 1. The fourth-order valence-corrected chi connectivity index (χ4v) is 4.40. The molecule has 1 amide bonds. The monoisotopic (exact) mass is 416 g/mol. The lowest BCUT2D eigenvalue weighted by Gasteiger charge is -2.29. The fourth-order valence-electron chi connectivity index (χ4n) is 4.40. The van der Waals surface area contributed by atoms with Gasteiger partial charge in [0.2, 0.25) is 5.91 Å². The number of hydrogen-bond acceptors (Lipinski definition) is 5. The zero-order chi connectivity index (χ0) is 21.5. The van der Waals surface area contributed by atoms with Crippen molar-refractivity contribution < 1.29 is 9.53 Å². The smallest absolute Gasteiger partial charge is 0.224 e. The molecule has 4 rings (SSSR count). The molecule has 160 valence electrons. The standard InChI is InChI=1S/C25H28N4O2/c1-31-23-5-3-2-4-21(23)14-24(30)28-15-18-6-8-20(9-7-18)25-22(16-27-17-29-25)19-10-12-26-13-11-19/h2-5,10-13,16-18,20H,6-9,14-15H2,1H3,(H,28,30). The summed E-state index contributed by atoms with van der Waals surface area (Å²) in [4.78, 5) is 25.4. The van der Waals surface area contributed by atoms with Crippen molar-refractivity contribution in [3.8, 4) is 16.9 Å². The second-order valence-corrected chi connectivity index (χ2v) is 8.07. The van der Waals surface area contributed by atoms with Crippen molar-refractivity contribution in [1.29, 1.82) is 0 Å². The van der Waals surface area contributed by atoms with Crippen LogP contribution in [0.25, 0.3) is 11.1 Å². The molecule has 6 nitrogen and oxygen atoms in total. The molecule has 0 bridgehead atoms. The molecule has 0 spiro atoms. The topological polar surface area (TPSA) is 77.0 Å². The minimum absolute atomic E-state index is 0.0439. The number of rotatable bonds is 7. The number of benzene rings is 1. The van der Waals surface area contributed by atoms with E-state index < -0.39 is 0 Å². The molecule has 2 aromatic heterocycles. The lowest BCUT2D eigenvalue weighted by molar-refractivity contribution is -0.120. The van der Waals surface area contributed by atoms with Crippen LogP contribution < -0.4 is 10.1 Å². The third-order valence-corrected chi connectivity index (χ3v) is 6.10. The average Bonchev–Trinajstić information content (AvgIpc) is 2.84. The molecule has 1 fully saturated rings. The summed E-state index contributed by atoms with van der Waals surface area (Å²) in [7, 11) is 1.63. The molecular formula is C25H28N4O2. The van der Waals surface area contributed by atoms with E-state index in [0.717, 1.165) is 60.4 Å². The van der Waals surface area contributed by atoms with Gasteiger partial charge in [-0.1, -0.05) is 18.2 Å². The first kappa shape index (κ1) is 21.0. The van der Waals surface area contributed by atoms with Crippen molar-refractivity contribution >= 4 is 5.91 Å². The highest BCUT2D eigenvalue weighted by Gasteiger charge is 2.26. The lowest BCUT2D eigenvalue weighted by Crippen LogP contribution is -2.32. The molecule has 0 saturated heterocycles. The maximum atomic E-state index is 12.4. The van der Waals surface area contributed by atoms with Gasteiger partial charge in [-0.25, -0.2) is 9.97 Å². The van der Waals surface area contributed by atoms with E-state index in [2.05, 4.69) is 20.3 Å². The van der Waals surface area contributed by atoms with Gasteiger partial charge >= 0.3 is 0 Å². The molecule has 1 N–H and O–H groups in total. The van der Waals surface area contributed by atoms with Crippen LogP contribution >= 0.6 is 0 Å². The highest BCUT2D eigenvalue weighted by Crippen LogP contribution is 2.38. The number of hydrogen-bond donors (Lipinski definition) is 1. The van der Waals surface area contributed by atoms with Gasteiger partial charge in [-0.3, -0.25) is 9.78 Å². The number of nitrogens with one attached hydrogen (secondary N) is 1. The third-order valence-electron chi connectivity index (χ3n) is 6.10. The van der Waals surface area contributed by atoms with Crippen LogP contribution in [0, 0.1) is 5.92 Å². The Morgan fingerprint density at radius 3 is 2.61 bits per heavy atom. The molecule has 1 aliphatic carbocycles. The molecule has 31 heavy (non-hydrogen) atoms. The molecule has 3 aromatic rings. The Bertz CT molecular complexity index is 1000. The Balaban J connectivity index is 1.30. The Morgan fingerprint density at radius 1 is 1.06 bits per heavy atom. The average molecular weight is 417 g/mol. The minimum atomic E-state index is 0.0439. The van der Waals surface area contributed by atoms with Gasteiger partial charge in [0.1, 0.15) is 12.1 Å². The summed E-state index contributed by atoms with van der Waals surface area (Å²) in [6.45, 7) is 0.724. The summed E-state index contributed by atoms with van der Waals surface area (Å²) in [5, 5.41) is 3.12. The zero-order valence-corrected chi connectivity index (χ0v) is 17.8. The van der Waals surface area contributed by atoms with Crippen molar-refractivity contribution in [2.45, 2.75) is 38.0 Å². The van der Waals surface area contributed by atoms with Gasteiger partial charge in [0.15, 0.2) is 0 Å². The summed E-state index contributed by atoms with van der Waals surface area (Å²) in [5.41, 5.74) is 4.24. The van der Waals surface area contributed by atoms with Crippen LogP contribution in [0.3, 0.4) is 0 Å². The summed E-state index contributed by atoms with van der Waals surface area (Å²) >= 11 is 0. The molecule has 0 unspecified atom stereocenters. The first-order valence-corrected chi connectivity index (χ1v) is 10.8. The maximum Gasteiger partial charge on any atom is 0.224 e. The first-order chi connectivity index (χ1) is 15.2. The van der Waals surface area contributed by atoms with Gasteiger partial charge in [-0.05, 0) is 55.4 Å². The Hall–Kier alpha value is -3.28. The highest BCUT2D eigenvalue weighted by atomic mass is 16.5. The largest absolute Gasteiger partial charge is 0.496 e. The van der Waals surface area contributed by atoms with Crippen LogP contribution in [-0.2, 0) is 11.2 Å². The van der Waals surface area contributed by atoms with Gasteiger partial charge < -0.3 is 10.1 Å². The summed E-state index contributed by atoms with van der Waals surface area (Å²) in [6, 6.07) is 11.7. The predicted octanol–water partition coefficient (Wildman–Crippen LogP) is 4.18. The number of nitrogens with zero attached hydrogens (tertiary/aromatic N) is 3. The Morgan fingerprint density at radius 2 is 1.84 bits per heavy atom. The van der Waals surface area contributed by atoms with E-state index in [-0.39, 0.29) is 5.91 Å². The number of carbonyl (C=O) groups excluding carboxylic acids is 1. The van der Waals surface area contributed by atoms with E-state index in [1.54, 1.807) is 25.8 Å². The van der Waals surface area contributed by atoms with Gasteiger partial charge in [-0.15, -0.1) is 0 Å². The molecule has 1 saturated carbocycles. The SMILES string of the molecule is COc1ccccc1CC(=O)NCC1CCC(c2ncncc2-c2ccncc2)CC1. The molecule has 2 heterocycles. The number of aromatic nitrogens is 3. The normalized spacial score (nSPS) is 18.4. The second kappa shape index (κ2) is 10.2. The van der Waals surface area contributed by atoms with E-state index in [1.165, 1.54) is 0 Å². The Labute approximate surface area is 183 Å². The van der Waals surface area contributed by atoms with Crippen LogP contribution in [-0.4, -0.2) is 34.5 Å².